The van der Waals surface area contributed by atoms with Gasteiger partial charge in [0.25, 0.3) is 0 Å². The van der Waals surface area contributed by atoms with Crippen LogP contribution in [-0.4, -0.2) is 14.6 Å². The lowest BCUT2D eigenvalue weighted by Gasteiger charge is -2.20. The second kappa shape index (κ2) is 4.85. The van der Waals surface area contributed by atoms with Crippen LogP contribution in [0.2, 0.25) is 5.02 Å². The second-order valence-corrected chi connectivity index (χ2v) is 6.79. The van der Waals surface area contributed by atoms with E-state index in [-0.39, 0.29) is 5.41 Å². The fraction of sp³-hybridized carbons (Fsp3) is 0.294. The standard InChI is InChI=1S/C17H18ClN3/c1-11-10-21-16(19-11)14(17(2,3)4)9-15(20-21)12-5-7-13(18)8-6-12/h5-10H,1-4H3. The first-order valence-electron chi connectivity index (χ1n) is 6.98. The third-order valence-corrected chi connectivity index (χ3v) is 3.75. The van der Waals surface area contributed by atoms with Crippen molar-refractivity contribution in [2.75, 3.05) is 0 Å². The van der Waals surface area contributed by atoms with E-state index >= 15 is 0 Å². The van der Waals surface area contributed by atoms with E-state index < -0.39 is 0 Å². The van der Waals surface area contributed by atoms with E-state index in [2.05, 4.69) is 36.9 Å². The van der Waals surface area contributed by atoms with Crippen LogP contribution in [-0.2, 0) is 5.41 Å². The van der Waals surface area contributed by atoms with E-state index in [0.29, 0.717) is 0 Å². The normalized spacial score (nSPS) is 12.0. The Kier molecular flexibility index (Phi) is 3.25. The van der Waals surface area contributed by atoms with Gasteiger partial charge in [-0.1, -0.05) is 44.5 Å². The Morgan fingerprint density at radius 3 is 2.38 bits per heavy atom. The molecule has 3 nitrogen and oxygen atoms in total. The molecule has 3 rings (SSSR count). The molecule has 0 amide bonds. The van der Waals surface area contributed by atoms with Gasteiger partial charge in [-0.3, -0.25) is 0 Å². The van der Waals surface area contributed by atoms with E-state index in [9.17, 15) is 0 Å². The summed E-state index contributed by atoms with van der Waals surface area (Å²) in [6.07, 6.45) is 1.96. The van der Waals surface area contributed by atoms with E-state index in [1.807, 2.05) is 41.9 Å². The van der Waals surface area contributed by atoms with Crippen molar-refractivity contribution in [3.05, 3.63) is 52.8 Å². The van der Waals surface area contributed by atoms with Crippen LogP contribution in [0.3, 0.4) is 0 Å². The largest absolute Gasteiger partial charge is 0.232 e. The Morgan fingerprint density at radius 2 is 1.76 bits per heavy atom. The molecule has 0 aliphatic heterocycles. The van der Waals surface area contributed by atoms with Crippen LogP contribution in [0.25, 0.3) is 16.9 Å². The first-order valence-corrected chi connectivity index (χ1v) is 7.36. The first kappa shape index (κ1) is 14.1. The number of aromatic nitrogens is 3. The van der Waals surface area contributed by atoms with Crippen LogP contribution in [0.15, 0.2) is 36.5 Å². The van der Waals surface area contributed by atoms with Crippen LogP contribution < -0.4 is 0 Å². The Morgan fingerprint density at radius 1 is 1.10 bits per heavy atom. The summed E-state index contributed by atoms with van der Waals surface area (Å²) in [6, 6.07) is 9.89. The number of nitrogens with zero attached hydrogens (tertiary/aromatic N) is 3. The molecule has 0 N–H and O–H groups in total. The quantitative estimate of drug-likeness (QED) is 0.654. The van der Waals surface area contributed by atoms with Gasteiger partial charge >= 0.3 is 0 Å². The molecule has 0 atom stereocenters. The molecular weight excluding hydrogens is 282 g/mol. The molecule has 0 radical (unpaired) electrons. The molecule has 4 heteroatoms. The fourth-order valence-electron chi connectivity index (χ4n) is 2.40. The zero-order chi connectivity index (χ0) is 15.2. The van der Waals surface area contributed by atoms with Crippen molar-refractivity contribution in [3.63, 3.8) is 0 Å². The fourth-order valence-corrected chi connectivity index (χ4v) is 2.53. The van der Waals surface area contributed by atoms with E-state index in [0.717, 1.165) is 27.6 Å². The SMILES string of the molecule is Cc1cn2nc(-c3ccc(Cl)cc3)cc(C(C)(C)C)c2n1. The minimum Gasteiger partial charge on any atom is -0.232 e. The molecule has 0 aliphatic carbocycles. The Balaban J connectivity index is 2.27. The van der Waals surface area contributed by atoms with Crippen molar-refractivity contribution in [2.24, 2.45) is 0 Å². The molecule has 21 heavy (non-hydrogen) atoms. The van der Waals surface area contributed by atoms with Crippen molar-refractivity contribution in [3.8, 4) is 11.3 Å². The predicted molar refractivity (Wildman–Crippen MR) is 86.9 cm³/mol. The van der Waals surface area contributed by atoms with Gasteiger partial charge in [0, 0.05) is 16.1 Å². The van der Waals surface area contributed by atoms with Gasteiger partial charge in [0.05, 0.1) is 17.6 Å². The third-order valence-electron chi connectivity index (χ3n) is 3.49. The average Bonchev–Trinajstić information content (AvgIpc) is 2.77. The summed E-state index contributed by atoms with van der Waals surface area (Å²) in [5, 5.41) is 5.41. The number of hydrogen-bond donors (Lipinski definition) is 0. The van der Waals surface area contributed by atoms with E-state index in [1.54, 1.807) is 0 Å². The van der Waals surface area contributed by atoms with Crippen LogP contribution >= 0.6 is 11.6 Å². The highest BCUT2D eigenvalue weighted by molar-refractivity contribution is 6.30. The molecule has 1 aromatic carbocycles. The lowest BCUT2D eigenvalue weighted by atomic mass is 9.87. The number of hydrogen-bond acceptors (Lipinski definition) is 2. The van der Waals surface area contributed by atoms with Crippen LogP contribution in [0.5, 0.6) is 0 Å². The minimum atomic E-state index is 0.00313. The lowest BCUT2D eigenvalue weighted by Crippen LogP contribution is -2.14. The van der Waals surface area contributed by atoms with Gasteiger partial charge in [-0.25, -0.2) is 9.50 Å². The zero-order valence-corrected chi connectivity index (χ0v) is 13.4. The van der Waals surface area contributed by atoms with Gasteiger partial charge in [-0.15, -0.1) is 0 Å². The number of rotatable bonds is 1. The molecule has 0 fully saturated rings. The van der Waals surface area contributed by atoms with Crippen LogP contribution in [0.4, 0.5) is 0 Å². The second-order valence-electron chi connectivity index (χ2n) is 6.35. The highest BCUT2D eigenvalue weighted by atomic mass is 35.5. The summed E-state index contributed by atoms with van der Waals surface area (Å²) in [5.41, 5.74) is 5.08. The van der Waals surface area contributed by atoms with Crippen LogP contribution in [0.1, 0.15) is 32.0 Å². The average molecular weight is 300 g/mol. The minimum absolute atomic E-state index is 0.00313. The highest BCUT2D eigenvalue weighted by Crippen LogP contribution is 2.30. The maximum atomic E-state index is 5.97. The van der Waals surface area contributed by atoms with Crippen LogP contribution in [0, 0.1) is 6.92 Å². The number of aryl methyl sites for hydroxylation is 1. The molecule has 108 valence electrons. The molecule has 0 bridgehead atoms. The topological polar surface area (TPSA) is 30.2 Å². The van der Waals surface area contributed by atoms with Gasteiger partial charge in [-0.2, -0.15) is 5.10 Å². The number of halogens is 1. The molecular formula is C17H18ClN3. The Labute approximate surface area is 129 Å². The van der Waals surface area contributed by atoms with Crippen molar-refractivity contribution in [1.82, 2.24) is 14.6 Å². The molecule has 0 saturated heterocycles. The molecule has 2 aromatic heterocycles. The van der Waals surface area contributed by atoms with Crippen molar-refractivity contribution < 1.29 is 0 Å². The Hall–Kier alpha value is -1.87. The third kappa shape index (κ3) is 2.66. The number of benzene rings is 1. The van der Waals surface area contributed by atoms with Gasteiger partial charge < -0.3 is 0 Å². The number of imidazole rings is 1. The molecule has 0 unspecified atom stereocenters. The molecule has 0 spiro atoms. The lowest BCUT2D eigenvalue weighted by molar-refractivity contribution is 0.589. The van der Waals surface area contributed by atoms with Crippen molar-refractivity contribution >= 4 is 17.2 Å². The summed E-state index contributed by atoms with van der Waals surface area (Å²) >= 11 is 5.97. The number of fused-ring (bicyclic) bond motifs is 1. The van der Waals surface area contributed by atoms with Gasteiger partial charge in [0.1, 0.15) is 0 Å². The molecule has 0 aliphatic rings. The van der Waals surface area contributed by atoms with E-state index in [1.165, 1.54) is 5.56 Å². The maximum absolute atomic E-state index is 5.97. The summed E-state index contributed by atoms with van der Waals surface area (Å²) in [6.45, 7) is 8.57. The maximum Gasteiger partial charge on any atom is 0.157 e. The summed E-state index contributed by atoms with van der Waals surface area (Å²) in [5.74, 6) is 0. The first-order chi connectivity index (χ1) is 9.84. The predicted octanol–water partition coefficient (Wildman–Crippen LogP) is 4.66. The molecule has 0 saturated carbocycles. The zero-order valence-electron chi connectivity index (χ0n) is 12.7. The summed E-state index contributed by atoms with van der Waals surface area (Å²) < 4.78 is 1.87. The van der Waals surface area contributed by atoms with Gasteiger partial charge in [0.15, 0.2) is 5.65 Å². The van der Waals surface area contributed by atoms with E-state index in [4.69, 9.17) is 11.6 Å². The Bertz CT molecular complexity index is 795. The van der Waals surface area contributed by atoms with Gasteiger partial charge in [0.2, 0.25) is 0 Å². The summed E-state index contributed by atoms with van der Waals surface area (Å²) in [7, 11) is 0. The van der Waals surface area contributed by atoms with Crippen molar-refractivity contribution in [2.45, 2.75) is 33.1 Å². The molecule has 2 heterocycles. The van der Waals surface area contributed by atoms with Gasteiger partial charge in [-0.05, 0) is 30.5 Å². The summed E-state index contributed by atoms with van der Waals surface area (Å²) in [4.78, 5) is 4.61. The highest BCUT2D eigenvalue weighted by Gasteiger charge is 2.21. The smallest absolute Gasteiger partial charge is 0.157 e. The van der Waals surface area contributed by atoms with Crippen molar-refractivity contribution in [1.29, 1.82) is 0 Å². The molecule has 3 aromatic rings. The monoisotopic (exact) mass is 299 g/mol.